The molecule has 3 aliphatic heterocycles. The van der Waals surface area contributed by atoms with Crippen molar-refractivity contribution in [1.29, 1.82) is 0 Å². The zero-order valence-corrected chi connectivity index (χ0v) is 20.4. The molecule has 2 aromatic rings. The molecule has 3 fully saturated rings. The summed E-state index contributed by atoms with van der Waals surface area (Å²) in [6.07, 6.45) is 7.11. The molecule has 2 amide bonds. The molecule has 0 aliphatic carbocycles. The van der Waals surface area contributed by atoms with Crippen molar-refractivity contribution in [1.82, 2.24) is 9.80 Å². The molecule has 33 heavy (non-hydrogen) atoms. The van der Waals surface area contributed by atoms with Crippen molar-refractivity contribution < 1.29 is 9.59 Å². The highest BCUT2D eigenvalue weighted by atomic mass is 32.1. The van der Waals surface area contributed by atoms with Crippen molar-refractivity contribution in [3.63, 3.8) is 0 Å². The van der Waals surface area contributed by atoms with E-state index in [2.05, 4.69) is 21.2 Å². The molecule has 1 N–H and O–H groups in total. The highest BCUT2D eigenvalue weighted by molar-refractivity contribution is 7.12. The molecule has 3 aliphatic rings. The Labute approximate surface area is 201 Å². The van der Waals surface area contributed by atoms with Gasteiger partial charge >= 0.3 is 0 Å². The van der Waals surface area contributed by atoms with E-state index >= 15 is 0 Å². The van der Waals surface area contributed by atoms with E-state index in [0.29, 0.717) is 24.3 Å². The Kier molecular flexibility index (Phi) is 6.84. The van der Waals surface area contributed by atoms with Gasteiger partial charge in [-0.1, -0.05) is 18.2 Å². The summed E-state index contributed by atoms with van der Waals surface area (Å²) >= 11 is 1.57. The van der Waals surface area contributed by atoms with Crippen LogP contribution in [0.2, 0.25) is 0 Å². The van der Waals surface area contributed by atoms with Crippen LogP contribution in [0.15, 0.2) is 41.8 Å². The number of rotatable bonds is 6. The number of piperidine rings is 3. The molecule has 0 radical (unpaired) electrons. The maximum atomic E-state index is 13.7. The summed E-state index contributed by atoms with van der Waals surface area (Å²) in [5.41, 5.74) is 1.93. The quantitative estimate of drug-likeness (QED) is 0.640. The lowest BCUT2D eigenvalue weighted by atomic mass is 9.69. The molecule has 0 bridgehead atoms. The number of anilines is 1. The number of thiophene rings is 1. The second-order valence-corrected chi connectivity index (χ2v) is 10.9. The predicted molar refractivity (Wildman–Crippen MR) is 134 cm³/mol. The third-order valence-electron chi connectivity index (χ3n) is 7.95. The average Bonchev–Trinajstić information content (AvgIpc) is 3.26. The van der Waals surface area contributed by atoms with Crippen molar-refractivity contribution in [2.45, 2.75) is 64.0 Å². The maximum absolute atomic E-state index is 13.7. The van der Waals surface area contributed by atoms with Gasteiger partial charge in [0, 0.05) is 30.7 Å². The molecular weight excluding hydrogens is 430 g/mol. The van der Waals surface area contributed by atoms with Crippen LogP contribution in [0.1, 0.15) is 60.2 Å². The molecule has 4 heterocycles. The van der Waals surface area contributed by atoms with Gasteiger partial charge in [-0.3, -0.25) is 14.5 Å². The minimum absolute atomic E-state index is 0.0600. The van der Waals surface area contributed by atoms with E-state index in [0.717, 1.165) is 35.5 Å². The Balaban J connectivity index is 1.31. The zero-order valence-electron chi connectivity index (χ0n) is 19.5. The van der Waals surface area contributed by atoms with Crippen LogP contribution < -0.4 is 5.32 Å². The molecule has 6 heteroatoms. The number of para-hydroxylation sites is 1. The Morgan fingerprint density at radius 2 is 1.88 bits per heavy atom. The fraction of sp³-hybridized carbons (Fsp3) is 0.556. The molecular formula is C27H35N3O2S. The van der Waals surface area contributed by atoms with E-state index < -0.39 is 0 Å². The summed E-state index contributed by atoms with van der Waals surface area (Å²) in [6, 6.07) is 12.6. The van der Waals surface area contributed by atoms with Crippen LogP contribution >= 0.6 is 11.3 Å². The maximum Gasteiger partial charge on any atom is 0.264 e. The number of carbonyl (C=O) groups excluding carboxylic acids is 2. The summed E-state index contributed by atoms with van der Waals surface area (Å²) in [6.45, 7) is 5.33. The van der Waals surface area contributed by atoms with Crippen LogP contribution in [-0.4, -0.2) is 53.3 Å². The highest BCUT2D eigenvalue weighted by Gasteiger charge is 2.49. The van der Waals surface area contributed by atoms with Gasteiger partial charge < -0.3 is 10.2 Å². The normalized spacial score (nSPS) is 27.1. The second kappa shape index (κ2) is 9.98. The predicted octanol–water partition coefficient (Wildman–Crippen LogP) is 5.18. The first kappa shape index (κ1) is 22.6. The first-order chi connectivity index (χ1) is 16.1. The zero-order chi connectivity index (χ0) is 22.8. The van der Waals surface area contributed by atoms with Crippen LogP contribution in [0.5, 0.6) is 0 Å². The van der Waals surface area contributed by atoms with Gasteiger partial charge in [-0.2, -0.15) is 0 Å². The molecule has 3 saturated heterocycles. The van der Waals surface area contributed by atoms with Crippen molar-refractivity contribution in [2.75, 3.05) is 25.0 Å². The number of nitrogens with zero attached hydrogens (tertiary/aromatic N) is 2. The SMILES string of the molecule is Cc1ccsc1C(=O)N1C[C@@H]2CCCN3CCC[C@@H]([C@H]23)[C@H]1CCCC(=O)Nc1ccccc1. The topological polar surface area (TPSA) is 52.7 Å². The largest absolute Gasteiger partial charge is 0.334 e. The molecule has 0 saturated carbocycles. The number of amides is 2. The lowest BCUT2D eigenvalue weighted by Crippen LogP contribution is -2.65. The minimum atomic E-state index is 0.0600. The first-order valence-corrected chi connectivity index (χ1v) is 13.4. The number of carbonyl (C=O) groups is 2. The van der Waals surface area contributed by atoms with Crippen LogP contribution in [-0.2, 0) is 4.79 Å². The van der Waals surface area contributed by atoms with Crippen molar-refractivity contribution in [2.24, 2.45) is 11.8 Å². The third-order valence-corrected chi connectivity index (χ3v) is 8.96. The number of likely N-dealkylation sites (tertiary alicyclic amines) is 1. The monoisotopic (exact) mass is 465 g/mol. The molecule has 5 nitrogen and oxygen atoms in total. The van der Waals surface area contributed by atoms with E-state index in [1.807, 2.05) is 42.6 Å². The highest BCUT2D eigenvalue weighted by Crippen LogP contribution is 2.44. The van der Waals surface area contributed by atoms with E-state index in [9.17, 15) is 9.59 Å². The van der Waals surface area contributed by atoms with Crippen LogP contribution in [0.3, 0.4) is 0 Å². The van der Waals surface area contributed by atoms with Crippen molar-refractivity contribution in [3.8, 4) is 0 Å². The molecule has 176 valence electrons. The molecule has 5 rings (SSSR count). The fourth-order valence-corrected chi connectivity index (χ4v) is 7.42. The number of hydrogen-bond acceptors (Lipinski definition) is 4. The van der Waals surface area contributed by atoms with Gasteiger partial charge in [0.15, 0.2) is 0 Å². The molecule has 0 spiro atoms. The number of benzene rings is 1. The Morgan fingerprint density at radius 3 is 2.64 bits per heavy atom. The second-order valence-electron chi connectivity index (χ2n) is 10.00. The molecule has 1 aromatic heterocycles. The van der Waals surface area contributed by atoms with Gasteiger partial charge in [-0.25, -0.2) is 0 Å². The van der Waals surface area contributed by atoms with Gasteiger partial charge in [0.25, 0.3) is 5.91 Å². The smallest absolute Gasteiger partial charge is 0.264 e. The van der Waals surface area contributed by atoms with E-state index in [4.69, 9.17) is 0 Å². The minimum Gasteiger partial charge on any atom is -0.334 e. The standard InChI is InChI=1S/C27H35N3O2S/c1-19-14-17-33-26(19)27(32)30-18-20-8-6-15-29-16-7-11-22(25(20)29)23(30)12-5-13-24(31)28-21-9-3-2-4-10-21/h2-4,9-10,14,17,20,22-23,25H,5-8,11-13,15-16,18H2,1H3,(H,28,31)/t20-,22+,23+,25-/m0/s1. The van der Waals surface area contributed by atoms with E-state index in [1.165, 1.54) is 38.8 Å². The summed E-state index contributed by atoms with van der Waals surface area (Å²) < 4.78 is 0. The third kappa shape index (κ3) is 4.73. The fourth-order valence-electron chi connectivity index (χ4n) is 6.54. The first-order valence-electron chi connectivity index (χ1n) is 12.6. The lowest BCUT2D eigenvalue weighted by molar-refractivity contribution is -0.116. The number of aryl methyl sites for hydroxylation is 1. The van der Waals surface area contributed by atoms with Gasteiger partial charge in [0.1, 0.15) is 0 Å². The number of nitrogens with one attached hydrogen (secondary N) is 1. The van der Waals surface area contributed by atoms with Crippen LogP contribution in [0.4, 0.5) is 5.69 Å². The van der Waals surface area contributed by atoms with Gasteiger partial charge in [-0.05, 0) is 99.5 Å². The van der Waals surface area contributed by atoms with Gasteiger partial charge in [0.2, 0.25) is 5.91 Å². The van der Waals surface area contributed by atoms with Crippen LogP contribution in [0, 0.1) is 18.8 Å². The summed E-state index contributed by atoms with van der Waals surface area (Å²) in [7, 11) is 0. The van der Waals surface area contributed by atoms with E-state index in [-0.39, 0.29) is 17.9 Å². The molecule has 4 atom stereocenters. The van der Waals surface area contributed by atoms with Crippen LogP contribution in [0.25, 0.3) is 0 Å². The summed E-state index contributed by atoms with van der Waals surface area (Å²) in [5.74, 6) is 1.39. The molecule has 0 unspecified atom stereocenters. The van der Waals surface area contributed by atoms with Gasteiger partial charge in [0.05, 0.1) is 4.88 Å². The summed E-state index contributed by atoms with van der Waals surface area (Å²) in [5, 5.41) is 5.04. The molecule has 1 aromatic carbocycles. The number of hydrogen-bond donors (Lipinski definition) is 1. The lowest BCUT2D eigenvalue weighted by Gasteiger charge is -2.57. The Morgan fingerprint density at radius 1 is 1.09 bits per heavy atom. The van der Waals surface area contributed by atoms with E-state index in [1.54, 1.807) is 11.3 Å². The Bertz CT molecular complexity index is 973. The van der Waals surface area contributed by atoms with Gasteiger partial charge in [-0.15, -0.1) is 11.3 Å². The Hall–Kier alpha value is -2.18. The van der Waals surface area contributed by atoms with Crippen molar-refractivity contribution >= 4 is 28.8 Å². The van der Waals surface area contributed by atoms with Crippen molar-refractivity contribution in [3.05, 3.63) is 52.2 Å². The summed E-state index contributed by atoms with van der Waals surface area (Å²) in [4.78, 5) is 32.1. The average molecular weight is 466 g/mol.